The van der Waals surface area contributed by atoms with Crippen molar-refractivity contribution in [2.45, 2.75) is 20.3 Å². The molecule has 3 atom stereocenters. The van der Waals surface area contributed by atoms with Gasteiger partial charge in [-0.25, -0.2) is 0 Å². The van der Waals surface area contributed by atoms with Crippen LogP contribution in [-0.4, -0.2) is 17.6 Å². The van der Waals surface area contributed by atoms with Crippen LogP contribution in [0.3, 0.4) is 0 Å². The number of amides is 2. The van der Waals surface area contributed by atoms with Crippen LogP contribution in [0, 0.1) is 17.8 Å². The van der Waals surface area contributed by atoms with Crippen LogP contribution in [0.5, 0.6) is 0 Å². The van der Waals surface area contributed by atoms with Gasteiger partial charge in [0.25, 0.3) is 0 Å². The summed E-state index contributed by atoms with van der Waals surface area (Å²) in [6.07, 6.45) is 4.62. The van der Waals surface area contributed by atoms with Gasteiger partial charge in [0.05, 0.1) is 17.5 Å². The average molecular weight is 283 g/mol. The van der Waals surface area contributed by atoms with Gasteiger partial charge < -0.3 is 0 Å². The molecule has 0 radical (unpaired) electrons. The summed E-state index contributed by atoms with van der Waals surface area (Å²) in [5.74, 6) is -0.706. The lowest BCUT2D eigenvalue weighted by Crippen LogP contribution is -2.31. The zero-order valence-electron chi connectivity index (χ0n) is 12.1. The van der Waals surface area contributed by atoms with Gasteiger partial charge in [-0.15, -0.1) is 0 Å². The van der Waals surface area contributed by atoms with Gasteiger partial charge in [-0.2, -0.15) is 0 Å². The molecule has 0 bridgehead atoms. The predicted molar refractivity (Wildman–Crippen MR) is 78.8 cm³/mol. The van der Waals surface area contributed by atoms with Crippen LogP contribution in [0.25, 0.3) is 0 Å². The number of allylic oxidation sites excluding steroid dienone is 2. The van der Waals surface area contributed by atoms with E-state index in [9.17, 15) is 14.4 Å². The van der Waals surface area contributed by atoms with Crippen molar-refractivity contribution in [3.05, 3.63) is 42.0 Å². The number of nitrogens with zero attached hydrogens (tertiary/aromatic N) is 1. The van der Waals surface area contributed by atoms with Crippen molar-refractivity contribution >= 4 is 23.3 Å². The first-order valence-corrected chi connectivity index (χ1v) is 7.16. The Morgan fingerprint density at radius 3 is 2.38 bits per heavy atom. The topological polar surface area (TPSA) is 54.5 Å². The summed E-state index contributed by atoms with van der Waals surface area (Å²) in [6, 6.07) is 6.65. The lowest BCUT2D eigenvalue weighted by atomic mass is 9.78. The van der Waals surface area contributed by atoms with Crippen molar-refractivity contribution in [3.63, 3.8) is 0 Å². The third-order valence-electron chi connectivity index (χ3n) is 4.40. The molecule has 3 rings (SSSR count). The van der Waals surface area contributed by atoms with E-state index in [4.69, 9.17) is 0 Å². The van der Waals surface area contributed by atoms with Crippen molar-refractivity contribution in [3.8, 4) is 0 Å². The summed E-state index contributed by atoms with van der Waals surface area (Å²) in [5, 5.41) is 0. The number of fused-ring (bicyclic) bond motifs is 1. The molecule has 0 spiro atoms. The number of anilines is 1. The normalized spacial score (nSPS) is 27.9. The molecular weight excluding hydrogens is 266 g/mol. The van der Waals surface area contributed by atoms with E-state index in [2.05, 4.69) is 0 Å². The van der Waals surface area contributed by atoms with Crippen LogP contribution in [-0.2, 0) is 9.59 Å². The molecule has 1 aromatic rings. The Labute approximate surface area is 123 Å². The number of hydrogen-bond acceptors (Lipinski definition) is 3. The molecule has 4 nitrogen and oxygen atoms in total. The van der Waals surface area contributed by atoms with Crippen molar-refractivity contribution in [2.24, 2.45) is 17.8 Å². The molecule has 1 heterocycles. The highest BCUT2D eigenvalue weighted by Gasteiger charge is 2.50. The van der Waals surface area contributed by atoms with Gasteiger partial charge in [0.15, 0.2) is 5.78 Å². The molecule has 2 amide bonds. The summed E-state index contributed by atoms with van der Waals surface area (Å²) in [5.41, 5.74) is 1.13. The van der Waals surface area contributed by atoms with Crippen LogP contribution < -0.4 is 4.90 Å². The molecular formula is C17H17NO3. The van der Waals surface area contributed by atoms with Gasteiger partial charge in [0.1, 0.15) is 0 Å². The van der Waals surface area contributed by atoms with E-state index in [0.29, 0.717) is 17.7 Å². The number of carbonyl (C=O) groups is 3. The number of imide groups is 1. The Morgan fingerprint density at radius 1 is 1.14 bits per heavy atom. The highest BCUT2D eigenvalue weighted by Crippen LogP contribution is 2.40. The highest BCUT2D eigenvalue weighted by molar-refractivity contribution is 6.22. The Balaban J connectivity index is 1.94. The SMILES string of the molecule is CC(=O)c1ccc(N2C(=O)[C@H]3[C@H](C)C=CC[C@H]3C2=O)cc1. The molecule has 2 aliphatic rings. The van der Waals surface area contributed by atoms with E-state index in [1.165, 1.54) is 11.8 Å². The quantitative estimate of drug-likeness (QED) is 0.476. The smallest absolute Gasteiger partial charge is 0.238 e. The molecule has 1 saturated heterocycles. The van der Waals surface area contributed by atoms with E-state index in [0.717, 1.165) is 0 Å². The van der Waals surface area contributed by atoms with Gasteiger partial charge in [-0.1, -0.05) is 19.1 Å². The van der Waals surface area contributed by atoms with Crippen molar-refractivity contribution in [2.75, 3.05) is 4.90 Å². The summed E-state index contributed by atoms with van der Waals surface area (Å²) >= 11 is 0. The molecule has 0 unspecified atom stereocenters. The third-order valence-corrected chi connectivity index (χ3v) is 4.40. The predicted octanol–water partition coefficient (Wildman–Crippen LogP) is 2.59. The molecule has 0 aromatic heterocycles. The number of carbonyl (C=O) groups excluding carboxylic acids is 3. The van der Waals surface area contributed by atoms with Crippen molar-refractivity contribution in [1.82, 2.24) is 0 Å². The molecule has 1 aromatic carbocycles. The lowest BCUT2D eigenvalue weighted by molar-refractivity contribution is -0.122. The lowest BCUT2D eigenvalue weighted by Gasteiger charge is -2.22. The van der Waals surface area contributed by atoms with Gasteiger partial charge in [-0.05, 0) is 43.5 Å². The van der Waals surface area contributed by atoms with E-state index in [1.54, 1.807) is 24.3 Å². The molecule has 0 N–H and O–H groups in total. The third kappa shape index (κ3) is 2.11. The van der Waals surface area contributed by atoms with Gasteiger partial charge >= 0.3 is 0 Å². The van der Waals surface area contributed by atoms with Crippen LogP contribution in [0.4, 0.5) is 5.69 Å². The van der Waals surface area contributed by atoms with Crippen LogP contribution in [0.2, 0.25) is 0 Å². The Morgan fingerprint density at radius 2 is 1.81 bits per heavy atom. The zero-order valence-corrected chi connectivity index (χ0v) is 12.1. The number of rotatable bonds is 2. The zero-order chi connectivity index (χ0) is 15.1. The van der Waals surface area contributed by atoms with E-state index >= 15 is 0 Å². The first-order valence-electron chi connectivity index (χ1n) is 7.16. The van der Waals surface area contributed by atoms with E-state index in [1.807, 2.05) is 19.1 Å². The molecule has 1 aliphatic heterocycles. The van der Waals surface area contributed by atoms with Crippen molar-refractivity contribution < 1.29 is 14.4 Å². The molecule has 1 fully saturated rings. The van der Waals surface area contributed by atoms with Crippen LogP contribution in [0.15, 0.2) is 36.4 Å². The summed E-state index contributed by atoms with van der Waals surface area (Å²) in [4.78, 5) is 37.7. The van der Waals surface area contributed by atoms with Gasteiger partial charge in [0, 0.05) is 5.56 Å². The fourth-order valence-corrected chi connectivity index (χ4v) is 3.25. The number of hydrogen-bond donors (Lipinski definition) is 0. The first kappa shape index (κ1) is 13.7. The minimum absolute atomic E-state index is 0.0351. The van der Waals surface area contributed by atoms with E-state index in [-0.39, 0.29) is 35.4 Å². The largest absolute Gasteiger partial charge is 0.295 e. The molecule has 1 aliphatic carbocycles. The maximum absolute atomic E-state index is 12.6. The van der Waals surface area contributed by atoms with Crippen LogP contribution >= 0.6 is 0 Å². The Bertz CT molecular complexity index is 645. The minimum atomic E-state index is -0.255. The fourth-order valence-electron chi connectivity index (χ4n) is 3.25. The monoisotopic (exact) mass is 283 g/mol. The average Bonchev–Trinajstić information content (AvgIpc) is 2.72. The minimum Gasteiger partial charge on any atom is -0.295 e. The first-order chi connectivity index (χ1) is 10.0. The number of Topliss-reactive ketones (excluding diaryl/α,β-unsaturated/α-hetero) is 1. The highest BCUT2D eigenvalue weighted by atomic mass is 16.2. The van der Waals surface area contributed by atoms with Gasteiger partial charge in [-0.3, -0.25) is 19.3 Å². The number of benzene rings is 1. The second kappa shape index (κ2) is 4.95. The second-order valence-electron chi connectivity index (χ2n) is 5.77. The Kier molecular flexibility index (Phi) is 3.24. The maximum Gasteiger partial charge on any atom is 0.238 e. The fraction of sp³-hybridized carbons (Fsp3) is 0.353. The number of ketones is 1. The Hall–Kier alpha value is -2.23. The van der Waals surface area contributed by atoms with Gasteiger partial charge in [0.2, 0.25) is 11.8 Å². The molecule has 108 valence electrons. The van der Waals surface area contributed by atoms with Crippen molar-refractivity contribution in [1.29, 1.82) is 0 Å². The molecule has 0 saturated carbocycles. The summed E-state index contributed by atoms with van der Waals surface area (Å²) in [6.45, 7) is 3.46. The second-order valence-corrected chi connectivity index (χ2v) is 5.77. The summed E-state index contributed by atoms with van der Waals surface area (Å²) < 4.78 is 0. The molecule has 4 heteroatoms. The van der Waals surface area contributed by atoms with Crippen LogP contribution in [0.1, 0.15) is 30.6 Å². The molecule has 21 heavy (non-hydrogen) atoms. The summed E-state index contributed by atoms with van der Waals surface area (Å²) in [7, 11) is 0. The van der Waals surface area contributed by atoms with E-state index < -0.39 is 0 Å². The maximum atomic E-state index is 12.6. The standard InChI is InChI=1S/C17H17NO3/c1-10-4-3-5-14-15(10)17(21)18(16(14)20)13-8-6-12(7-9-13)11(2)19/h3-4,6-10,14-15H,5H2,1-2H3/t10-,14-,15+/m1/s1.